The number of hydrogen-bond donors (Lipinski definition) is 0. The Bertz CT molecular complexity index is 370. The molecule has 0 aromatic carbocycles. The second-order valence-corrected chi connectivity index (χ2v) is 3.94. The molecule has 0 spiro atoms. The molecule has 1 rings (SSSR count). The molecular formula is C12H18N2O. The second-order valence-electron chi connectivity index (χ2n) is 3.94. The van der Waals surface area contributed by atoms with E-state index in [4.69, 9.17) is 4.84 Å². The van der Waals surface area contributed by atoms with Gasteiger partial charge >= 0.3 is 0 Å². The first kappa shape index (κ1) is 11.7. The minimum atomic E-state index is 0.506. The van der Waals surface area contributed by atoms with Gasteiger partial charge in [-0.25, -0.2) is 0 Å². The molecule has 3 heteroatoms. The number of aromatic nitrogens is 1. The molecule has 0 bridgehead atoms. The van der Waals surface area contributed by atoms with Crippen LogP contribution in [0.1, 0.15) is 43.5 Å². The molecule has 0 aliphatic rings. The highest BCUT2D eigenvalue weighted by Gasteiger charge is 2.07. The van der Waals surface area contributed by atoms with Crippen LogP contribution in [0, 0.1) is 6.92 Å². The maximum absolute atomic E-state index is 4.72. The van der Waals surface area contributed by atoms with Crippen LogP contribution >= 0.6 is 0 Å². The molecule has 0 atom stereocenters. The van der Waals surface area contributed by atoms with E-state index < -0.39 is 0 Å². The molecule has 1 heterocycles. The van der Waals surface area contributed by atoms with E-state index in [9.17, 15) is 0 Å². The van der Waals surface area contributed by atoms with Crippen LogP contribution in [-0.2, 0) is 4.84 Å². The molecule has 82 valence electrons. The number of hydrogen-bond acceptors (Lipinski definition) is 3. The highest BCUT2D eigenvalue weighted by atomic mass is 16.6. The van der Waals surface area contributed by atoms with Crippen LogP contribution in [0.2, 0.25) is 0 Å². The second kappa shape index (κ2) is 4.91. The molecule has 0 aliphatic carbocycles. The highest BCUT2D eigenvalue weighted by molar-refractivity contribution is 5.96. The Morgan fingerprint density at radius 3 is 2.60 bits per heavy atom. The predicted molar refractivity (Wildman–Crippen MR) is 62.3 cm³/mol. The van der Waals surface area contributed by atoms with Gasteiger partial charge in [0.1, 0.15) is 12.8 Å². The first-order valence-corrected chi connectivity index (χ1v) is 5.11. The van der Waals surface area contributed by atoms with Crippen molar-refractivity contribution >= 4 is 5.71 Å². The van der Waals surface area contributed by atoms with Crippen molar-refractivity contribution in [1.29, 1.82) is 0 Å². The van der Waals surface area contributed by atoms with Crippen molar-refractivity contribution in [3.8, 4) is 0 Å². The van der Waals surface area contributed by atoms with Crippen molar-refractivity contribution < 1.29 is 4.84 Å². The number of oxime groups is 1. The van der Waals surface area contributed by atoms with Gasteiger partial charge in [-0.15, -0.1) is 0 Å². The number of rotatable bonds is 3. The minimum Gasteiger partial charge on any atom is -0.399 e. The van der Waals surface area contributed by atoms with E-state index in [1.54, 1.807) is 7.11 Å². The third-order valence-electron chi connectivity index (χ3n) is 2.37. The van der Waals surface area contributed by atoms with Gasteiger partial charge < -0.3 is 4.84 Å². The fourth-order valence-electron chi connectivity index (χ4n) is 1.55. The summed E-state index contributed by atoms with van der Waals surface area (Å²) in [5, 5.41) is 3.86. The van der Waals surface area contributed by atoms with Crippen molar-refractivity contribution in [3.05, 3.63) is 29.1 Å². The van der Waals surface area contributed by atoms with E-state index in [0.29, 0.717) is 5.92 Å². The van der Waals surface area contributed by atoms with Crippen molar-refractivity contribution in [1.82, 2.24) is 4.98 Å². The predicted octanol–water partition coefficient (Wildman–Crippen LogP) is 2.88. The van der Waals surface area contributed by atoms with E-state index in [1.165, 1.54) is 11.1 Å². The zero-order valence-electron chi connectivity index (χ0n) is 10.0. The molecule has 0 fully saturated rings. The Kier molecular flexibility index (Phi) is 3.83. The fraction of sp³-hybridized carbons (Fsp3) is 0.500. The monoisotopic (exact) mass is 206 g/mol. The smallest absolute Gasteiger partial charge is 0.106 e. The Morgan fingerprint density at radius 2 is 2.13 bits per heavy atom. The van der Waals surface area contributed by atoms with Gasteiger partial charge in [-0.05, 0) is 37.0 Å². The summed E-state index contributed by atoms with van der Waals surface area (Å²) < 4.78 is 0. The number of nitrogens with zero attached hydrogens (tertiary/aromatic N) is 2. The van der Waals surface area contributed by atoms with Crippen LogP contribution in [0.15, 0.2) is 17.4 Å². The molecule has 15 heavy (non-hydrogen) atoms. The number of aryl methyl sites for hydroxylation is 1. The summed E-state index contributed by atoms with van der Waals surface area (Å²) in [6.45, 7) is 8.32. The van der Waals surface area contributed by atoms with E-state index in [2.05, 4.69) is 30.9 Å². The molecule has 0 N–H and O–H groups in total. The Balaban J connectivity index is 3.06. The van der Waals surface area contributed by atoms with Gasteiger partial charge in [0.05, 0.1) is 5.69 Å². The highest BCUT2D eigenvalue weighted by Crippen LogP contribution is 2.18. The van der Waals surface area contributed by atoms with Crippen molar-refractivity contribution in [2.45, 2.75) is 33.6 Å². The summed E-state index contributed by atoms with van der Waals surface area (Å²) in [6.07, 6.45) is 1.92. The van der Waals surface area contributed by atoms with Crippen LogP contribution < -0.4 is 0 Å². The lowest BCUT2D eigenvalue weighted by molar-refractivity contribution is 0.213. The molecule has 0 amide bonds. The third-order valence-corrected chi connectivity index (χ3v) is 2.37. The average molecular weight is 206 g/mol. The summed E-state index contributed by atoms with van der Waals surface area (Å²) in [5.74, 6) is 0.506. The zero-order chi connectivity index (χ0) is 11.4. The molecule has 0 unspecified atom stereocenters. The molecule has 0 radical (unpaired) electrons. The van der Waals surface area contributed by atoms with E-state index >= 15 is 0 Å². The first-order valence-electron chi connectivity index (χ1n) is 5.11. The van der Waals surface area contributed by atoms with Crippen LogP contribution in [0.25, 0.3) is 0 Å². The van der Waals surface area contributed by atoms with Gasteiger partial charge in [0.25, 0.3) is 0 Å². The largest absolute Gasteiger partial charge is 0.399 e. The van der Waals surface area contributed by atoms with Crippen LogP contribution in [0.4, 0.5) is 0 Å². The van der Waals surface area contributed by atoms with E-state index in [-0.39, 0.29) is 0 Å². The molecule has 0 saturated heterocycles. The lowest BCUT2D eigenvalue weighted by atomic mass is 9.99. The van der Waals surface area contributed by atoms with Crippen molar-refractivity contribution in [2.75, 3.05) is 7.11 Å². The maximum Gasteiger partial charge on any atom is 0.106 e. The molecule has 3 nitrogen and oxygen atoms in total. The molecule has 0 saturated carbocycles. The minimum absolute atomic E-state index is 0.506. The Labute approximate surface area is 91.2 Å². The molecule has 0 aliphatic heterocycles. The van der Waals surface area contributed by atoms with Crippen LogP contribution in [0.3, 0.4) is 0 Å². The van der Waals surface area contributed by atoms with E-state index in [1.807, 2.05) is 19.2 Å². The van der Waals surface area contributed by atoms with Gasteiger partial charge in [-0.1, -0.05) is 19.0 Å². The Morgan fingerprint density at radius 1 is 1.47 bits per heavy atom. The summed E-state index contributed by atoms with van der Waals surface area (Å²) >= 11 is 0. The zero-order valence-corrected chi connectivity index (χ0v) is 10.0. The number of pyridine rings is 1. The fourth-order valence-corrected chi connectivity index (χ4v) is 1.55. The quantitative estimate of drug-likeness (QED) is 0.563. The van der Waals surface area contributed by atoms with Crippen molar-refractivity contribution in [3.63, 3.8) is 0 Å². The lowest BCUT2D eigenvalue weighted by Gasteiger charge is -2.10. The first-order chi connectivity index (χ1) is 7.06. The Hall–Kier alpha value is -1.38. The standard InChI is InChI=1S/C12H18N2O/c1-8(2)11-7-13-12(6-9(11)3)10(4)14-15-5/h6-8H,1-5H3/b14-10+. The molecule has 1 aromatic heterocycles. The maximum atomic E-state index is 4.72. The van der Waals surface area contributed by atoms with E-state index in [0.717, 1.165) is 11.4 Å². The normalized spacial score (nSPS) is 12.0. The third kappa shape index (κ3) is 2.78. The molecular weight excluding hydrogens is 188 g/mol. The van der Waals surface area contributed by atoms with Crippen LogP contribution in [-0.4, -0.2) is 17.8 Å². The van der Waals surface area contributed by atoms with Gasteiger partial charge in [0, 0.05) is 6.20 Å². The van der Waals surface area contributed by atoms with Gasteiger partial charge in [0.15, 0.2) is 0 Å². The lowest BCUT2D eigenvalue weighted by Crippen LogP contribution is -2.02. The van der Waals surface area contributed by atoms with Gasteiger partial charge in [-0.2, -0.15) is 0 Å². The summed E-state index contributed by atoms with van der Waals surface area (Å²) in [5.41, 5.74) is 4.21. The van der Waals surface area contributed by atoms with Gasteiger partial charge in [0.2, 0.25) is 0 Å². The summed E-state index contributed by atoms with van der Waals surface area (Å²) in [7, 11) is 1.54. The van der Waals surface area contributed by atoms with Crippen molar-refractivity contribution in [2.24, 2.45) is 5.16 Å². The van der Waals surface area contributed by atoms with Crippen LogP contribution in [0.5, 0.6) is 0 Å². The van der Waals surface area contributed by atoms with Gasteiger partial charge in [-0.3, -0.25) is 4.98 Å². The topological polar surface area (TPSA) is 34.5 Å². The molecule has 1 aromatic rings. The SMILES string of the molecule is CO/N=C(\C)c1cc(C)c(C(C)C)cn1. The summed E-state index contributed by atoms with van der Waals surface area (Å²) in [6, 6.07) is 2.05. The summed E-state index contributed by atoms with van der Waals surface area (Å²) in [4.78, 5) is 9.09. The average Bonchev–Trinajstić information content (AvgIpc) is 2.17.